The molecular weight excluding hydrogens is 272 g/mol. The van der Waals surface area contributed by atoms with Gasteiger partial charge in [-0.3, -0.25) is 0 Å². The van der Waals surface area contributed by atoms with Gasteiger partial charge in [0, 0.05) is 6.42 Å². The van der Waals surface area contributed by atoms with Gasteiger partial charge >= 0.3 is 0 Å². The van der Waals surface area contributed by atoms with E-state index in [1.54, 1.807) is 18.3 Å². The molecule has 4 rings (SSSR count). The van der Waals surface area contributed by atoms with E-state index in [1.807, 2.05) is 0 Å². The van der Waals surface area contributed by atoms with Gasteiger partial charge < -0.3 is 9.84 Å². The summed E-state index contributed by atoms with van der Waals surface area (Å²) in [5.41, 5.74) is 3.95. The van der Waals surface area contributed by atoms with E-state index < -0.39 is 0 Å². The minimum absolute atomic E-state index is 0.0660. The molecule has 4 aliphatic rings. The first-order valence-electron chi connectivity index (χ1n) is 9.11. The highest BCUT2D eigenvalue weighted by atomic mass is 16.5. The lowest BCUT2D eigenvalue weighted by Gasteiger charge is -2.57. The lowest BCUT2D eigenvalue weighted by molar-refractivity contribution is -0.0614. The SMILES string of the molecule is COC1=CCC2=C(CC[C@H]3[C@@H]4CCC(O)[C@@]4(C)CC[C@]23C)C1. The van der Waals surface area contributed by atoms with Crippen molar-refractivity contribution in [2.75, 3.05) is 7.11 Å². The summed E-state index contributed by atoms with van der Waals surface area (Å²) >= 11 is 0. The first kappa shape index (κ1) is 14.8. The predicted octanol–water partition coefficient (Wildman–Crippen LogP) is 4.59. The van der Waals surface area contributed by atoms with Gasteiger partial charge in [-0.2, -0.15) is 0 Å². The summed E-state index contributed by atoms with van der Waals surface area (Å²) in [6.45, 7) is 4.89. The van der Waals surface area contributed by atoms with E-state index >= 15 is 0 Å². The third-order valence-electron chi connectivity index (χ3n) is 7.90. The molecule has 0 bridgehead atoms. The van der Waals surface area contributed by atoms with Crippen molar-refractivity contribution in [1.29, 1.82) is 0 Å². The number of hydrogen-bond donors (Lipinski definition) is 1. The Balaban J connectivity index is 1.68. The van der Waals surface area contributed by atoms with Crippen LogP contribution >= 0.6 is 0 Å². The number of allylic oxidation sites excluding steroid dienone is 3. The number of hydrogen-bond acceptors (Lipinski definition) is 2. The van der Waals surface area contributed by atoms with E-state index in [-0.39, 0.29) is 11.5 Å². The minimum atomic E-state index is -0.0660. The Hall–Kier alpha value is -0.760. The maximum absolute atomic E-state index is 10.5. The Kier molecular flexibility index (Phi) is 3.28. The summed E-state index contributed by atoms with van der Waals surface area (Å²) in [5, 5.41) is 10.5. The highest BCUT2D eigenvalue weighted by Crippen LogP contribution is 2.65. The fourth-order valence-corrected chi connectivity index (χ4v) is 6.42. The number of ether oxygens (including phenoxy) is 1. The maximum atomic E-state index is 10.5. The van der Waals surface area contributed by atoms with Crippen LogP contribution in [-0.2, 0) is 4.74 Å². The van der Waals surface area contributed by atoms with Crippen molar-refractivity contribution in [1.82, 2.24) is 0 Å². The van der Waals surface area contributed by atoms with Gasteiger partial charge in [0.15, 0.2) is 0 Å². The Morgan fingerprint density at radius 1 is 1.14 bits per heavy atom. The number of rotatable bonds is 1. The van der Waals surface area contributed by atoms with Crippen LogP contribution < -0.4 is 0 Å². The van der Waals surface area contributed by atoms with Crippen LogP contribution in [0.3, 0.4) is 0 Å². The second-order valence-corrected chi connectivity index (χ2v) is 8.61. The molecule has 0 amide bonds. The summed E-state index contributed by atoms with van der Waals surface area (Å²) in [7, 11) is 1.80. The van der Waals surface area contributed by atoms with Gasteiger partial charge in [-0.1, -0.05) is 25.0 Å². The second-order valence-electron chi connectivity index (χ2n) is 8.61. The van der Waals surface area contributed by atoms with Crippen molar-refractivity contribution in [3.63, 3.8) is 0 Å². The molecule has 0 aromatic rings. The molecule has 0 saturated heterocycles. The Morgan fingerprint density at radius 3 is 2.73 bits per heavy atom. The van der Waals surface area contributed by atoms with E-state index in [0.29, 0.717) is 5.41 Å². The summed E-state index contributed by atoms with van der Waals surface area (Å²) in [6, 6.07) is 0. The molecule has 2 saturated carbocycles. The first-order chi connectivity index (χ1) is 10.5. The van der Waals surface area contributed by atoms with Crippen molar-refractivity contribution >= 4 is 0 Å². The summed E-state index contributed by atoms with van der Waals surface area (Å²) < 4.78 is 5.50. The van der Waals surface area contributed by atoms with Crippen LogP contribution in [0.1, 0.15) is 65.2 Å². The normalized spacial score (nSPS) is 47.5. The van der Waals surface area contributed by atoms with Crippen molar-refractivity contribution in [2.45, 2.75) is 71.3 Å². The predicted molar refractivity (Wildman–Crippen MR) is 88.3 cm³/mol. The second kappa shape index (κ2) is 4.87. The van der Waals surface area contributed by atoms with E-state index in [2.05, 4.69) is 19.9 Å². The zero-order chi connectivity index (χ0) is 15.5. The minimum Gasteiger partial charge on any atom is -0.501 e. The van der Waals surface area contributed by atoms with Crippen molar-refractivity contribution < 1.29 is 9.84 Å². The van der Waals surface area contributed by atoms with Crippen LogP contribution in [0, 0.1) is 22.7 Å². The van der Waals surface area contributed by atoms with Crippen LogP contribution in [-0.4, -0.2) is 18.3 Å². The molecule has 0 heterocycles. The van der Waals surface area contributed by atoms with E-state index in [0.717, 1.165) is 36.9 Å². The summed E-state index contributed by atoms with van der Waals surface area (Å²) in [4.78, 5) is 0. The monoisotopic (exact) mass is 302 g/mol. The van der Waals surface area contributed by atoms with Crippen LogP contribution in [0.2, 0.25) is 0 Å². The summed E-state index contributed by atoms with van der Waals surface area (Å²) in [5.74, 6) is 2.67. The Labute approximate surface area is 134 Å². The first-order valence-corrected chi connectivity index (χ1v) is 9.11. The van der Waals surface area contributed by atoms with E-state index in [1.165, 1.54) is 32.1 Å². The Morgan fingerprint density at radius 2 is 1.95 bits per heavy atom. The van der Waals surface area contributed by atoms with Crippen LogP contribution in [0.25, 0.3) is 0 Å². The van der Waals surface area contributed by atoms with Gasteiger partial charge in [-0.05, 0) is 73.7 Å². The molecule has 0 aromatic carbocycles. The zero-order valence-corrected chi connectivity index (χ0v) is 14.3. The standard InChI is InChI=1S/C20H30O2/c1-19-10-11-20(2)17(8-9-18(20)21)16(19)6-4-13-12-14(22-3)5-7-15(13)19/h5,16-18,21H,4,6-12H2,1-3H3/t16-,17-,18?,19+,20-/m0/s1. The van der Waals surface area contributed by atoms with Crippen molar-refractivity contribution in [3.05, 3.63) is 23.0 Å². The Bertz CT molecular complexity index is 546. The lowest BCUT2D eigenvalue weighted by Crippen LogP contribution is -2.50. The van der Waals surface area contributed by atoms with Crippen LogP contribution in [0.15, 0.2) is 23.0 Å². The van der Waals surface area contributed by atoms with E-state index in [9.17, 15) is 5.11 Å². The number of methoxy groups -OCH3 is 1. The third kappa shape index (κ3) is 1.82. The quantitative estimate of drug-likeness (QED) is 0.718. The largest absolute Gasteiger partial charge is 0.501 e. The molecule has 22 heavy (non-hydrogen) atoms. The lowest BCUT2D eigenvalue weighted by atomic mass is 9.48. The molecule has 5 atom stereocenters. The summed E-state index contributed by atoms with van der Waals surface area (Å²) in [6.07, 6.45) is 11.7. The fourth-order valence-electron chi connectivity index (χ4n) is 6.42. The maximum Gasteiger partial charge on any atom is 0.0959 e. The zero-order valence-electron chi connectivity index (χ0n) is 14.3. The van der Waals surface area contributed by atoms with Crippen LogP contribution in [0.5, 0.6) is 0 Å². The molecule has 122 valence electrons. The molecule has 4 aliphatic carbocycles. The van der Waals surface area contributed by atoms with Crippen molar-refractivity contribution in [3.8, 4) is 0 Å². The molecule has 0 spiro atoms. The van der Waals surface area contributed by atoms with Gasteiger partial charge in [0.2, 0.25) is 0 Å². The number of aliphatic hydroxyl groups excluding tert-OH is 1. The molecule has 2 fully saturated rings. The highest BCUT2D eigenvalue weighted by molar-refractivity contribution is 5.36. The molecular formula is C20H30O2. The molecule has 0 radical (unpaired) electrons. The van der Waals surface area contributed by atoms with Crippen molar-refractivity contribution in [2.24, 2.45) is 22.7 Å². The molecule has 0 aliphatic heterocycles. The number of fused-ring (bicyclic) bond motifs is 4. The molecule has 1 unspecified atom stereocenters. The molecule has 1 N–H and O–H groups in total. The fraction of sp³-hybridized carbons (Fsp3) is 0.800. The van der Waals surface area contributed by atoms with Gasteiger partial charge in [-0.15, -0.1) is 0 Å². The van der Waals surface area contributed by atoms with Crippen LogP contribution in [0.4, 0.5) is 0 Å². The van der Waals surface area contributed by atoms with Gasteiger partial charge in [0.05, 0.1) is 19.0 Å². The van der Waals surface area contributed by atoms with Gasteiger partial charge in [0.25, 0.3) is 0 Å². The number of aliphatic hydroxyl groups is 1. The van der Waals surface area contributed by atoms with Gasteiger partial charge in [0.1, 0.15) is 0 Å². The van der Waals surface area contributed by atoms with Gasteiger partial charge in [-0.25, -0.2) is 0 Å². The highest BCUT2D eigenvalue weighted by Gasteiger charge is 2.58. The topological polar surface area (TPSA) is 29.5 Å². The average Bonchev–Trinajstić information content (AvgIpc) is 2.82. The average molecular weight is 302 g/mol. The molecule has 0 aromatic heterocycles. The molecule has 2 nitrogen and oxygen atoms in total. The van der Waals surface area contributed by atoms with E-state index in [4.69, 9.17) is 4.74 Å². The molecule has 2 heteroatoms. The third-order valence-corrected chi connectivity index (χ3v) is 7.90. The smallest absolute Gasteiger partial charge is 0.0959 e.